The Morgan fingerprint density at radius 1 is 1.40 bits per heavy atom. The molecular formula is C7H11F2N. The summed E-state index contributed by atoms with van der Waals surface area (Å²) in [6.07, 6.45) is 2.20. The van der Waals surface area contributed by atoms with Gasteiger partial charge in [0.15, 0.2) is 0 Å². The SMILES string of the molecule is FC1(F)C[C@@H]2CCCN2C1. The van der Waals surface area contributed by atoms with Crippen LogP contribution in [0.2, 0.25) is 0 Å². The average molecular weight is 147 g/mol. The second-order valence-corrected chi connectivity index (χ2v) is 3.33. The van der Waals surface area contributed by atoms with Gasteiger partial charge in [0, 0.05) is 12.5 Å². The van der Waals surface area contributed by atoms with Crippen LogP contribution in [0.5, 0.6) is 0 Å². The first-order valence-electron chi connectivity index (χ1n) is 3.79. The maximum atomic E-state index is 12.6. The first-order valence-corrected chi connectivity index (χ1v) is 3.79. The van der Waals surface area contributed by atoms with Crippen molar-refractivity contribution in [3.63, 3.8) is 0 Å². The lowest BCUT2D eigenvalue weighted by molar-refractivity contribution is 0.0110. The van der Waals surface area contributed by atoms with Gasteiger partial charge in [0.1, 0.15) is 0 Å². The van der Waals surface area contributed by atoms with Gasteiger partial charge in [-0.25, -0.2) is 8.78 Å². The molecule has 2 aliphatic heterocycles. The van der Waals surface area contributed by atoms with Crippen LogP contribution in [-0.2, 0) is 0 Å². The Hall–Kier alpha value is -0.180. The molecule has 10 heavy (non-hydrogen) atoms. The van der Waals surface area contributed by atoms with Crippen molar-refractivity contribution < 1.29 is 8.78 Å². The van der Waals surface area contributed by atoms with Crippen molar-refractivity contribution in [3.05, 3.63) is 0 Å². The van der Waals surface area contributed by atoms with Crippen molar-refractivity contribution in [2.75, 3.05) is 13.1 Å². The van der Waals surface area contributed by atoms with Gasteiger partial charge in [-0.3, -0.25) is 4.90 Å². The lowest BCUT2D eigenvalue weighted by Crippen LogP contribution is -2.25. The van der Waals surface area contributed by atoms with Crippen molar-refractivity contribution in [2.45, 2.75) is 31.2 Å². The van der Waals surface area contributed by atoms with Gasteiger partial charge in [-0.2, -0.15) is 0 Å². The lowest BCUT2D eigenvalue weighted by atomic mass is 10.1. The number of rotatable bonds is 0. The Labute approximate surface area is 59.0 Å². The molecule has 0 aliphatic carbocycles. The number of nitrogens with zero attached hydrogens (tertiary/aromatic N) is 1. The molecular weight excluding hydrogens is 136 g/mol. The number of hydrogen-bond donors (Lipinski definition) is 0. The van der Waals surface area contributed by atoms with Crippen LogP contribution in [0.4, 0.5) is 8.78 Å². The Morgan fingerprint density at radius 2 is 2.20 bits per heavy atom. The highest BCUT2D eigenvalue weighted by atomic mass is 19.3. The summed E-state index contributed by atoms with van der Waals surface area (Å²) in [5, 5.41) is 0. The molecule has 0 aromatic carbocycles. The maximum Gasteiger partial charge on any atom is 0.262 e. The van der Waals surface area contributed by atoms with Gasteiger partial charge in [-0.15, -0.1) is 0 Å². The van der Waals surface area contributed by atoms with Crippen molar-refractivity contribution in [1.82, 2.24) is 4.90 Å². The highest BCUT2D eigenvalue weighted by Crippen LogP contribution is 2.37. The molecule has 1 nitrogen and oxygen atoms in total. The van der Waals surface area contributed by atoms with E-state index in [9.17, 15) is 8.78 Å². The summed E-state index contributed by atoms with van der Waals surface area (Å²) in [4.78, 5) is 1.92. The first kappa shape index (κ1) is 6.53. The predicted octanol–water partition coefficient (Wildman–Crippen LogP) is 1.49. The van der Waals surface area contributed by atoms with Crippen LogP contribution in [-0.4, -0.2) is 30.0 Å². The third-order valence-electron chi connectivity index (χ3n) is 2.47. The van der Waals surface area contributed by atoms with E-state index in [-0.39, 0.29) is 19.0 Å². The van der Waals surface area contributed by atoms with Crippen LogP contribution in [0.25, 0.3) is 0 Å². The molecule has 2 saturated heterocycles. The molecule has 0 amide bonds. The molecule has 3 heteroatoms. The normalized spacial score (nSPS) is 38.4. The molecule has 2 fully saturated rings. The van der Waals surface area contributed by atoms with Crippen molar-refractivity contribution in [2.24, 2.45) is 0 Å². The standard InChI is InChI=1S/C7H11F2N/c8-7(9)4-6-2-1-3-10(6)5-7/h6H,1-5H2/t6-/m0/s1. The second kappa shape index (κ2) is 1.91. The Morgan fingerprint density at radius 3 is 2.90 bits per heavy atom. The van der Waals surface area contributed by atoms with E-state index in [0.29, 0.717) is 0 Å². The quantitative estimate of drug-likeness (QED) is 0.501. The molecule has 0 spiro atoms. The minimum atomic E-state index is -2.38. The van der Waals surface area contributed by atoms with Crippen LogP contribution in [0.15, 0.2) is 0 Å². The van der Waals surface area contributed by atoms with Gasteiger partial charge in [0.05, 0.1) is 6.54 Å². The predicted molar refractivity (Wildman–Crippen MR) is 34.2 cm³/mol. The molecule has 0 unspecified atom stereocenters. The molecule has 0 aromatic rings. The highest BCUT2D eigenvalue weighted by molar-refractivity contribution is 4.93. The number of hydrogen-bond acceptors (Lipinski definition) is 1. The van der Waals surface area contributed by atoms with E-state index in [1.807, 2.05) is 4.90 Å². The number of halogens is 2. The third kappa shape index (κ3) is 0.926. The van der Waals surface area contributed by atoms with Gasteiger partial charge < -0.3 is 0 Å². The summed E-state index contributed by atoms with van der Waals surface area (Å²) in [6.45, 7) is 0.901. The van der Waals surface area contributed by atoms with Crippen molar-refractivity contribution in [1.29, 1.82) is 0 Å². The Bertz CT molecular complexity index is 133. The van der Waals surface area contributed by atoms with E-state index in [0.717, 1.165) is 19.4 Å². The molecule has 2 aliphatic rings. The highest BCUT2D eigenvalue weighted by Gasteiger charge is 2.46. The van der Waals surface area contributed by atoms with Crippen molar-refractivity contribution in [3.8, 4) is 0 Å². The van der Waals surface area contributed by atoms with E-state index in [2.05, 4.69) is 0 Å². The summed E-state index contributed by atoms with van der Waals surface area (Å²) < 4.78 is 25.2. The van der Waals surface area contributed by atoms with Gasteiger partial charge in [-0.1, -0.05) is 0 Å². The number of fused-ring (bicyclic) bond motifs is 1. The third-order valence-corrected chi connectivity index (χ3v) is 2.47. The van der Waals surface area contributed by atoms with Gasteiger partial charge in [0.25, 0.3) is 5.92 Å². The molecule has 0 bridgehead atoms. The monoisotopic (exact) mass is 147 g/mol. The largest absolute Gasteiger partial charge is 0.294 e. The second-order valence-electron chi connectivity index (χ2n) is 3.33. The molecule has 58 valence electrons. The zero-order valence-electron chi connectivity index (χ0n) is 5.82. The molecule has 0 aromatic heterocycles. The molecule has 0 radical (unpaired) electrons. The summed E-state index contributed by atoms with van der Waals surface area (Å²) in [5.41, 5.74) is 0. The fraction of sp³-hybridized carbons (Fsp3) is 1.00. The molecule has 0 N–H and O–H groups in total. The summed E-state index contributed by atoms with van der Waals surface area (Å²) in [7, 11) is 0. The minimum absolute atomic E-state index is 0.0116. The van der Waals surface area contributed by atoms with Gasteiger partial charge >= 0.3 is 0 Å². The zero-order valence-corrected chi connectivity index (χ0v) is 5.82. The topological polar surface area (TPSA) is 3.24 Å². The Kier molecular flexibility index (Phi) is 1.24. The molecule has 1 atom stereocenters. The minimum Gasteiger partial charge on any atom is -0.294 e. The van der Waals surface area contributed by atoms with Crippen molar-refractivity contribution >= 4 is 0 Å². The van der Waals surface area contributed by atoms with E-state index >= 15 is 0 Å². The Balaban J connectivity index is 2.07. The summed E-state index contributed by atoms with van der Waals surface area (Å²) in [5.74, 6) is -2.38. The van der Waals surface area contributed by atoms with E-state index in [1.165, 1.54) is 0 Å². The zero-order chi connectivity index (χ0) is 7.19. The van der Waals surface area contributed by atoms with Crippen LogP contribution >= 0.6 is 0 Å². The van der Waals surface area contributed by atoms with E-state index < -0.39 is 5.92 Å². The lowest BCUT2D eigenvalue weighted by Gasteiger charge is -2.11. The summed E-state index contributed by atoms with van der Waals surface area (Å²) >= 11 is 0. The fourth-order valence-electron chi connectivity index (χ4n) is 2.04. The van der Waals surface area contributed by atoms with Crippen LogP contribution in [0.3, 0.4) is 0 Å². The van der Waals surface area contributed by atoms with Crippen LogP contribution in [0, 0.1) is 0 Å². The van der Waals surface area contributed by atoms with E-state index in [1.54, 1.807) is 0 Å². The maximum absolute atomic E-state index is 12.6. The van der Waals surface area contributed by atoms with Gasteiger partial charge in [0.2, 0.25) is 0 Å². The van der Waals surface area contributed by atoms with Crippen LogP contribution in [0.1, 0.15) is 19.3 Å². The summed E-state index contributed by atoms with van der Waals surface area (Å²) in [6, 6.07) is 0.204. The molecule has 2 rings (SSSR count). The van der Waals surface area contributed by atoms with Gasteiger partial charge in [-0.05, 0) is 19.4 Å². The van der Waals surface area contributed by atoms with Crippen LogP contribution < -0.4 is 0 Å². The average Bonchev–Trinajstić information content (AvgIpc) is 2.20. The smallest absolute Gasteiger partial charge is 0.262 e. The fourth-order valence-corrected chi connectivity index (χ4v) is 2.04. The van der Waals surface area contributed by atoms with E-state index in [4.69, 9.17) is 0 Å². The first-order chi connectivity index (χ1) is 4.67. The molecule has 2 heterocycles. The number of alkyl halides is 2. The molecule has 0 saturated carbocycles.